The number of H-pyrrole nitrogens is 1. The van der Waals surface area contributed by atoms with Crippen molar-refractivity contribution in [3.8, 4) is 10.6 Å². The van der Waals surface area contributed by atoms with Crippen LogP contribution in [0.1, 0.15) is 0 Å². The molecule has 23 heavy (non-hydrogen) atoms. The SMILES string of the molecule is [C-]#[N+]c1c(-c2cccs2)nc(N2CC(C3=NN=NC3)C2)[nH]c1=O. The third-order valence-corrected chi connectivity index (χ3v) is 4.75. The molecule has 0 bridgehead atoms. The molecule has 0 saturated carbocycles. The van der Waals surface area contributed by atoms with Crippen molar-refractivity contribution in [3.63, 3.8) is 0 Å². The fourth-order valence-corrected chi connectivity index (χ4v) is 3.31. The molecule has 1 saturated heterocycles. The maximum absolute atomic E-state index is 12.2. The Hall–Kier alpha value is -2.86. The Morgan fingerprint density at radius 2 is 2.30 bits per heavy atom. The van der Waals surface area contributed by atoms with E-state index in [2.05, 4.69) is 30.3 Å². The standard InChI is InChI=1S/C14H11N7OS/c1-15-12-11(10-3-2-4-23-10)17-14(18-13(12)22)21-6-8(7-21)9-5-16-20-19-9/h2-4,8H,5-7H2,(H,17,18,22). The fraction of sp³-hybridized carbons (Fsp3) is 0.286. The van der Waals surface area contributed by atoms with E-state index < -0.39 is 5.56 Å². The lowest BCUT2D eigenvalue weighted by Crippen LogP contribution is -2.52. The van der Waals surface area contributed by atoms with Crippen LogP contribution in [0.4, 0.5) is 11.6 Å². The van der Waals surface area contributed by atoms with Crippen molar-refractivity contribution in [2.45, 2.75) is 0 Å². The molecule has 0 spiro atoms. The molecule has 2 aliphatic rings. The summed E-state index contributed by atoms with van der Waals surface area (Å²) in [5.41, 5.74) is 1.05. The predicted molar refractivity (Wildman–Crippen MR) is 87.3 cm³/mol. The van der Waals surface area contributed by atoms with E-state index in [4.69, 9.17) is 6.57 Å². The zero-order valence-corrected chi connectivity index (χ0v) is 12.7. The fourth-order valence-electron chi connectivity index (χ4n) is 2.59. The summed E-state index contributed by atoms with van der Waals surface area (Å²) >= 11 is 1.46. The first-order valence-electron chi connectivity index (χ1n) is 7.00. The number of thiophene rings is 1. The largest absolute Gasteiger partial charge is 0.341 e. The van der Waals surface area contributed by atoms with Crippen molar-refractivity contribution >= 4 is 28.7 Å². The van der Waals surface area contributed by atoms with E-state index in [1.54, 1.807) is 0 Å². The lowest BCUT2D eigenvalue weighted by atomic mass is 9.95. The molecule has 2 aromatic heterocycles. The summed E-state index contributed by atoms with van der Waals surface area (Å²) in [7, 11) is 0. The van der Waals surface area contributed by atoms with Gasteiger partial charge in [0, 0.05) is 23.9 Å². The van der Waals surface area contributed by atoms with E-state index in [0.717, 1.165) is 10.6 Å². The molecule has 114 valence electrons. The van der Waals surface area contributed by atoms with Crippen LogP contribution in [0, 0.1) is 12.5 Å². The van der Waals surface area contributed by atoms with Gasteiger partial charge in [-0.2, -0.15) is 5.11 Å². The Bertz CT molecular complexity index is 900. The second-order valence-electron chi connectivity index (χ2n) is 5.26. The van der Waals surface area contributed by atoms with Crippen LogP contribution in [0.2, 0.25) is 0 Å². The molecular weight excluding hydrogens is 314 g/mol. The molecule has 4 rings (SSSR count). The lowest BCUT2D eigenvalue weighted by Gasteiger charge is -2.39. The Balaban J connectivity index is 1.64. The summed E-state index contributed by atoms with van der Waals surface area (Å²) in [6.45, 7) is 9.22. The summed E-state index contributed by atoms with van der Waals surface area (Å²) < 4.78 is 0. The number of rotatable bonds is 3. The Labute approximate surface area is 135 Å². The van der Waals surface area contributed by atoms with Gasteiger partial charge in [0.1, 0.15) is 6.54 Å². The van der Waals surface area contributed by atoms with E-state index in [1.165, 1.54) is 11.3 Å². The average molecular weight is 325 g/mol. The van der Waals surface area contributed by atoms with Gasteiger partial charge in [0.15, 0.2) is 0 Å². The predicted octanol–water partition coefficient (Wildman–Crippen LogP) is 2.31. The quantitative estimate of drug-likeness (QED) is 0.878. The highest BCUT2D eigenvalue weighted by Gasteiger charge is 2.34. The van der Waals surface area contributed by atoms with Crippen molar-refractivity contribution in [1.29, 1.82) is 0 Å². The van der Waals surface area contributed by atoms with Gasteiger partial charge in [0.05, 0.1) is 18.0 Å². The minimum atomic E-state index is -0.403. The van der Waals surface area contributed by atoms with Gasteiger partial charge >= 0.3 is 0 Å². The molecule has 8 nitrogen and oxygen atoms in total. The van der Waals surface area contributed by atoms with Crippen LogP contribution in [0.25, 0.3) is 15.4 Å². The van der Waals surface area contributed by atoms with Crippen LogP contribution in [-0.4, -0.2) is 35.3 Å². The van der Waals surface area contributed by atoms with Gasteiger partial charge in [-0.3, -0.25) is 4.79 Å². The van der Waals surface area contributed by atoms with Crippen LogP contribution in [0.15, 0.2) is 37.7 Å². The zero-order chi connectivity index (χ0) is 15.8. The monoisotopic (exact) mass is 325 g/mol. The van der Waals surface area contributed by atoms with Crippen molar-refractivity contribution in [2.75, 3.05) is 24.5 Å². The Morgan fingerprint density at radius 3 is 2.96 bits per heavy atom. The highest BCUT2D eigenvalue weighted by atomic mass is 32.1. The van der Waals surface area contributed by atoms with Crippen molar-refractivity contribution < 1.29 is 0 Å². The van der Waals surface area contributed by atoms with Gasteiger partial charge in [-0.15, -0.1) is 16.4 Å². The van der Waals surface area contributed by atoms with E-state index in [0.29, 0.717) is 37.2 Å². The number of hydrogen-bond donors (Lipinski definition) is 1. The first-order chi connectivity index (χ1) is 11.3. The van der Waals surface area contributed by atoms with Crippen LogP contribution < -0.4 is 10.5 Å². The van der Waals surface area contributed by atoms with Crippen molar-refractivity contribution in [3.05, 3.63) is 39.3 Å². The van der Waals surface area contributed by atoms with Gasteiger partial charge in [-0.1, -0.05) is 6.07 Å². The first-order valence-corrected chi connectivity index (χ1v) is 7.88. The average Bonchev–Trinajstić information content (AvgIpc) is 3.19. The van der Waals surface area contributed by atoms with Gasteiger partial charge < -0.3 is 9.88 Å². The molecule has 0 unspecified atom stereocenters. The summed E-state index contributed by atoms with van der Waals surface area (Å²) in [4.78, 5) is 25.5. The number of nitrogens with zero attached hydrogens (tertiary/aromatic N) is 6. The minimum absolute atomic E-state index is 0.0334. The molecule has 0 amide bonds. The molecule has 2 aliphatic heterocycles. The van der Waals surface area contributed by atoms with Crippen LogP contribution in [0.5, 0.6) is 0 Å². The number of anilines is 1. The summed E-state index contributed by atoms with van der Waals surface area (Å²) in [5, 5.41) is 13.4. The second-order valence-corrected chi connectivity index (χ2v) is 6.21. The molecule has 0 radical (unpaired) electrons. The number of nitrogens with one attached hydrogen (secondary N) is 1. The highest BCUT2D eigenvalue weighted by molar-refractivity contribution is 7.13. The maximum Gasteiger partial charge on any atom is 0.276 e. The Kier molecular flexibility index (Phi) is 3.24. The number of hydrogen-bond acceptors (Lipinski definition) is 7. The molecule has 0 aromatic carbocycles. The van der Waals surface area contributed by atoms with E-state index in [1.807, 2.05) is 22.4 Å². The molecule has 1 fully saturated rings. The molecule has 1 N–H and O–H groups in total. The van der Waals surface area contributed by atoms with Crippen molar-refractivity contribution in [1.82, 2.24) is 9.97 Å². The van der Waals surface area contributed by atoms with Crippen LogP contribution in [0.3, 0.4) is 0 Å². The smallest absolute Gasteiger partial charge is 0.276 e. The van der Waals surface area contributed by atoms with Crippen LogP contribution in [-0.2, 0) is 0 Å². The molecule has 9 heteroatoms. The molecule has 0 atom stereocenters. The summed E-state index contributed by atoms with van der Waals surface area (Å²) in [6.07, 6.45) is 0. The van der Waals surface area contributed by atoms with E-state index in [-0.39, 0.29) is 5.69 Å². The third kappa shape index (κ3) is 2.33. The highest BCUT2D eigenvalue weighted by Crippen LogP contribution is 2.32. The zero-order valence-electron chi connectivity index (χ0n) is 11.9. The summed E-state index contributed by atoms with van der Waals surface area (Å²) in [6, 6.07) is 3.74. The molecule has 0 aliphatic carbocycles. The van der Waals surface area contributed by atoms with Gasteiger partial charge in [0.25, 0.3) is 11.2 Å². The molecular formula is C14H11N7OS. The number of aromatic amines is 1. The first kappa shape index (κ1) is 13.8. The maximum atomic E-state index is 12.2. The summed E-state index contributed by atoms with van der Waals surface area (Å²) in [5.74, 6) is 0.788. The van der Waals surface area contributed by atoms with E-state index in [9.17, 15) is 4.79 Å². The van der Waals surface area contributed by atoms with Crippen LogP contribution >= 0.6 is 11.3 Å². The molecule has 4 heterocycles. The minimum Gasteiger partial charge on any atom is -0.341 e. The lowest BCUT2D eigenvalue weighted by molar-refractivity contribution is 0.507. The third-order valence-electron chi connectivity index (χ3n) is 3.87. The normalized spacial score (nSPS) is 17.0. The molecule has 2 aromatic rings. The van der Waals surface area contributed by atoms with Crippen molar-refractivity contribution in [2.24, 2.45) is 21.4 Å². The van der Waals surface area contributed by atoms with Gasteiger partial charge in [-0.05, 0) is 16.7 Å². The van der Waals surface area contributed by atoms with E-state index >= 15 is 0 Å². The topological polar surface area (TPSA) is 90.4 Å². The Morgan fingerprint density at radius 1 is 1.43 bits per heavy atom. The second kappa shape index (κ2) is 5.40. The number of aromatic nitrogens is 2. The van der Waals surface area contributed by atoms with Gasteiger partial charge in [-0.25, -0.2) is 9.83 Å². The van der Waals surface area contributed by atoms with Gasteiger partial charge in [0.2, 0.25) is 5.95 Å².